The van der Waals surface area contributed by atoms with Crippen LogP contribution in [0, 0.1) is 5.92 Å². The molecule has 0 aromatic rings. The Morgan fingerprint density at radius 1 is 0.917 bits per heavy atom. The number of unbranched alkanes of at least 4 members (excludes halogenated alkanes) is 2. The van der Waals surface area contributed by atoms with Crippen LogP contribution in [0.4, 0.5) is 0 Å². The maximum absolute atomic E-state index is 2.42. The monoisotopic (exact) mass is 396 g/mol. The van der Waals surface area contributed by atoms with E-state index in [0.29, 0.717) is 0 Å². The van der Waals surface area contributed by atoms with Crippen molar-refractivity contribution in [1.82, 2.24) is 0 Å². The van der Waals surface area contributed by atoms with Crippen LogP contribution in [0.5, 0.6) is 0 Å². The maximum Gasteiger partial charge on any atom is -0.000472 e. The molecule has 12 heavy (non-hydrogen) atoms. The minimum atomic E-state index is 0.884. The summed E-state index contributed by atoms with van der Waals surface area (Å²) in [5.74, 6) is 0.884. The molecule has 0 aliphatic rings. The number of halogens is 2. The molecular formula is C10H22I2. The Hall–Kier alpha value is 1.46. The van der Waals surface area contributed by atoms with Crippen molar-refractivity contribution in [3.63, 3.8) is 0 Å². The molecule has 0 fully saturated rings. The van der Waals surface area contributed by atoms with E-state index in [-0.39, 0.29) is 0 Å². The third-order valence-electron chi connectivity index (χ3n) is 1.58. The van der Waals surface area contributed by atoms with Gasteiger partial charge in [0.15, 0.2) is 0 Å². The Kier molecular flexibility index (Phi) is 19.8. The molecule has 0 nitrogen and oxygen atoms in total. The SMILES string of the molecule is CCC(C)C.ICCCCCI. The van der Waals surface area contributed by atoms with Crippen LogP contribution < -0.4 is 0 Å². The Labute approximate surface area is 106 Å². The van der Waals surface area contributed by atoms with Gasteiger partial charge in [0.25, 0.3) is 0 Å². The van der Waals surface area contributed by atoms with E-state index in [1.165, 1.54) is 34.5 Å². The van der Waals surface area contributed by atoms with Crippen molar-refractivity contribution in [2.24, 2.45) is 5.92 Å². The topological polar surface area (TPSA) is 0 Å². The molecule has 0 spiro atoms. The van der Waals surface area contributed by atoms with Crippen LogP contribution in [0.3, 0.4) is 0 Å². The molecule has 0 rings (SSSR count). The van der Waals surface area contributed by atoms with Gasteiger partial charge in [-0.25, -0.2) is 0 Å². The van der Waals surface area contributed by atoms with E-state index in [1.807, 2.05) is 0 Å². The first-order valence-electron chi connectivity index (χ1n) is 4.80. The van der Waals surface area contributed by atoms with Gasteiger partial charge in [-0.2, -0.15) is 0 Å². The maximum atomic E-state index is 2.42. The van der Waals surface area contributed by atoms with E-state index < -0.39 is 0 Å². The fourth-order valence-corrected chi connectivity index (χ4v) is 1.44. The molecule has 0 aromatic heterocycles. The van der Waals surface area contributed by atoms with Crippen molar-refractivity contribution in [1.29, 1.82) is 0 Å². The zero-order valence-corrected chi connectivity index (χ0v) is 12.9. The number of rotatable bonds is 5. The van der Waals surface area contributed by atoms with Gasteiger partial charge in [-0.3, -0.25) is 0 Å². The highest BCUT2D eigenvalue weighted by molar-refractivity contribution is 14.1. The molecule has 0 amide bonds. The Balaban J connectivity index is 0. The zero-order valence-electron chi connectivity index (χ0n) is 8.58. The Morgan fingerprint density at radius 2 is 1.25 bits per heavy atom. The molecule has 0 saturated heterocycles. The van der Waals surface area contributed by atoms with Crippen molar-refractivity contribution in [3.8, 4) is 0 Å². The molecule has 0 aliphatic carbocycles. The molecule has 2 heteroatoms. The van der Waals surface area contributed by atoms with Gasteiger partial charge in [0.1, 0.15) is 0 Å². The second-order valence-corrected chi connectivity index (χ2v) is 5.40. The summed E-state index contributed by atoms with van der Waals surface area (Å²) in [6.45, 7) is 6.64. The molecule has 76 valence electrons. The zero-order chi connectivity index (χ0) is 9.82. The molecular weight excluding hydrogens is 374 g/mol. The van der Waals surface area contributed by atoms with E-state index in [0.717, 1.165) is 5.92 Å². The lowest BCUT2D eigenvalue weighted by Gasteiger charge is -1.90. The number of hydrogen-bond donors (Lipinski definition) is 0. The lowest BCUT2D eigenvalue weighted by atomic mass is 10.2. The first-order valence-corrected chi connectivity index (χ1v) is 7.86. The predicted molar refractivity (Wildman–Crippen MR) is 76.8 cm³/mol. The van der Waals surface area contributed by atoms with Gasteiger partial charge in [-0.05, 0) is 27.6 Å². The van der Waals surface area contributed by atoms with Gasteiger partial charge in [0.05, 0.1) is 0 Å². The van der Waals surface area contributed by atoms with Crippen LogP contribution >= 0.6 is 45.2 Å². The minimum Gasteiger partial charge on any atom is -0.0864 e. The Bertz CT molecular complexity index is 58.9. The lowest BCUT2D eigenvalue weighted by Crippen LogP contribution is -1.77. The molecule has 0 heterocycles. The first-order chi connectivity index (χ1) is 5.68. The molecule has 0 bridgehead atoms. The highest BCUT2D eigenvalue weighted by Gasteiger charge is 1.81. The van der Waals surface area contributed by atoms with E-state index in [2.05, 4.69) is 66.0 Å². The highest BCUT2D eigenvalue weighted by Crippen LogP contribution is 2.00. The van der Waals surface area contributed by atoms with Gasteiger partial charge >= 0.3 is 0 Å². The van der Waals surface area contributed by atoms with Gasteiger partial charge in [-0.1, -0.05) is 78.8 Å². The third kappa shape index (κ3) is 22.5. The van der Waals surface area contributed by atoms with Crippen molar-refractivity contribution in [2.75, 3.05) is 8.86 Å². The van der Waals surface area contributed by atoms with E-state index >= 15 is 0 Å². The summed E-state index contributed by atoms with van der Waals surface area (Å²) in [6, 6.07) is 0. The van der Waals surface area contributed by atoms with Crippen molar-refractivity contribution in [3.05, 3.63) is 0 Å². The van der Waals surface area contributed by atoms with Crippen LogP contribution in [0.15, 0.2) is 0 Å². The van der Waals surface area contributed by atoms with E-state index in [9.17, 15) is 0 Å². The molecule has 0 aromatic carbocycles. The second-order valence-electron chi connectivity index (χ2n) is 3.24. The molecule has 0 unspecified atom stereocenters. The predicted octanol–water partition coefficient (Wildman–Crippen LogP) is 5.08. The summed E-state index contributed by atoms with van der Waals surface area (Å²) >= 11 is 4.85. The summed E-state index contributed by atoms with van der Waals surface area (Å²) in [5, 5.41) is 0. The first kappa shape index (κ1) is 15.9. The van der Waals surface area contributed by atoms with Crippen LogP contribution in [0.2, 0.25) is 0 Å². The molecule has 0 radical (unpaired) electrons. The lowest BCUT2D eigenvalue weighted by molar-refractivity contribution is 0.626. The van der Waals surface area contributed by atoms with E-state index in [4.69, 9.17) is 0 Å². The molecule has 0 atom stereocenters. The summed E-state index contributed by atoms with van der Waals surface area (Å²) in [4.78, 5) is 0. The van der Waals surface area contributed by atoms with Crippen molar-refractivity contribution >= 4 is 45.2 Å². The molecule has 0 saturated carbocycles. The van der Waals surface area contributed by atoms with Crippen LogP contribution in [0.25, 0.3) is 0 Å². The summed E-state index contributed by atoms with van der Waals surface area (Å²) < 4.78 is 2.66. The Morgan fingerprint density at radius 3 is 1.42 bits per heavy atom. The average molecular weight is 396 g/mol. The second kappa shape index (κ2) is 15.0. The van der Waals surface area contributed by atoms with Crippen molar-refractivity contribution < 1.29 is 0 Å². The highest BCUT2D eigenvalue weighted by atomic mass is 127. The normalized spacial score (nSPS) is 9.50. The van der Waals surface area contributed by atoms with Crippen LogP contribution in [-0.4, -0.2) is 8.86 Å². The summed E-state index contributed by atoms with van der Waals surface area (Å²) in [7, 11) is 0. The van der Waals surface area contributed by atoms with Gasteiger partial charge in [0, 0.05) is 0 Å². The van der Waals surface area contributed by atoms with Crippen molar-refractivity contribution in [2.45, 2.75) is 46.5 Å². The largest absolute Gasteiger partial charge is 0.0864 e. The average Bonchev–Trinajstić information content (AvgIpc) is 2.07. The van der Waals surface area contributed by atoms with Crippen LogP contribution in [0.1, 0.15) is 46.5 Å². The van der Waals surface area contributed by atoms with Crippen LogP contribution in [-0.2, 0) is 0 Å². The van der Waals surface area contributed by atoms with E-state index in [1.54, 1.807) is 0 Å². The van der Waals surface area contributed by atoms with Gasteiger partial charge in [-0.15, -0.1) is 0 Å². The molecule has 0 N–H and O–H groups in total. The minimum absolute atomic E-state index is 0.884. The quantitative estimate of drug-likeness (QED) is 0.346. The summed E-state index contributed by atoms with van der Waals surface area (Å²) in [5.41, 5.74) is 0. The fraction of sp³-hybridized carbons (Fsp3) is 1.00. The number of alkyl halides is 2. The number of hydrogen-bond acceptors (Lipinski definition) is 0. The fourth-order valence-electron chi connectivity index (χ4n) is 0.366. The smallest absolute Gasteiger partial charge is 0.000472 e. The molecule has 0 aliphatic heterocycles. The van der Waals surface area contributed by atoms with Gasteiger partial charge < -0.3 is 0 Å². The summed E-state index contributed by atoms with van der Waals surface area (Å²) in [6.07, 6.45) is 5.54. The third-order valence-corrected chi connectivity index (χ3v) is 3.11. The standard InChI is InChI=1S/C5H10I2.C5H12/c6-4-2-1-3-5-7;1-4-5(2)3/h1-5H2;5H,4H2,1-3H3. The van der Waals surface area contributed by atoms with Gasteiger partial charge in [0.2, 0.25) is 0 Å².